The number of pyridine rings is 1. The highest BCUT2D eigenvalue weighted by molar-refractivity contribution is 6.20. The second-order valence-electron chi connectivity index (χ2n) is 13.4. The predicted molar refractivity (Wildman–Crippen MR) is 172 cm³/mol. The first-order valence-electron chi connectivity index (χ1n) is 16.2. The van der Waals surface area contributed by atoms with E-state index in [2.05, 4.69) is 19.8 Å². The van der Waals surface area contributed by atoms with E-state index in [4.69, 9.17) is 36.5 Å². The summed E-state index contributed by atoms with van der Waals surface area (Å²) in [6, 6.07) is -0.288. The van der Waals surface area contributed by atoms with Crippen LogP contribution < -0.4 is 20.1 Å². The molecule has 0 bridgehead atoms. The standard InChI is InChI=1S/C32H41ClF5N7O3/c1-18(39)11-21(22(13-33)32(36,37)38)26-25(35)27-24-28(42-30(41-27)48-17-31-6-4-7-44(31)14-20(34)12-31)45(9-8-43(2)3)23-5-10-46-15-19(23)16-47-29(24)40-26/h11,19-20,23H,4-10,12-17,39H2,1-3H3/b18-11+,22-21-/t19?,20-,23?,31+/m1/s1. The summed E-state index contributed by atoms with van der Waals surface area (Å²) in [7, 11) is 3.87. The lowest BCUT2D eigenvalue weighted by atomic mass is 9.93. The number of rotatable bonds is 9. The topological polar surface area (TPSA) is 102 Å². The Morgan fingerprint density at radius 1 is 1.23 bits per heavy atom. The van der Waals surface area contributed by atoms with E-state index in [9.17, 15) is 17.6 Å². The van der Waals surface area contributed by atoms with E-state index >= 15 is 4.39 Å². The third-order valence-corrected chi connectivity index (χ3v) is 9.97. The molecular weight excluding hydrogens is 661 g/mol. The van der Waals surface area contributed by atoms with Crippen molar-refractivity contribution >= 4 is 33.9 Å². The minimum absolute atomic E-state index is 0.0192. The van der Waals surface area contributed by atoms with E-state index in [1.54, 1.807) is 0 Å². The molecule has 2 unspecified atom stereocenters. The summed E-state index contributed by atoms with van der Waals surface area (Å²) in [6.07, 6.45) is -2.37. The van der Waals surface area contributed by atoms with Gasteiger partial charge in [0.05, 0.1) is 30.2 Å². The molecule has 4 aliphatic heterocycles. The van der Waals surface area contributed by atoms with Crippen molar-refractivity contribution in [2.45, 2.75) is 56.5 Å². The molecule has 48 heavy (non-hydrogen) atoms. The van der Waals surface area contributed by atoms with Gasteiger partial charge in [0.2, 0.25) is 5.88 Å². The van der Waals surface area contributed by atoms with Crippen LogP contribution in [0, 0.1) is 11.7 Å². The second-order valence-corrected chi connectivity index (χ2v) is 13.7. The number of anilines is 1. The zero-order valence-corrected chi connectivity index (χ0v) is 28.0. The van der Waals surface area contributed by atoms with Crippen molar-refractivity contribution in [2.24, 2.45) is 11.7 Å². The fraction of sp³-hybridized carbons (Fsp3) is 0.656. The highest BCUT2D eigenvalue weighted by Crippen LogP contribution is 2.44. The van der Waals surface area contributed by atoms with Gasteiger partial charge in [-0.3, -0.25) is 4.90 Å². The van der Waals surface area contributed by atoms with Gasteiger partial charge < -0.3 is 29.7 Å². The Hall–Kier alpha value is -3.01. The van der Waals surface area contributed by atoms with Crippen molar-refractivity contribution in [1.29, 1.82) is 0 Å². The van der Waals surface area contributed by atoms with Gasteiger partial charge in [-0.15, -0.1) is 11.6 Å². The van der Waals surface area contributed by atoms with E-state index in [0.29, 0.717) is 51.5 Å². The largest absolute Gasteiger partial charge is 0.477 e. The molecule has 3 saturated heterocycles. The van der Waals surface area contributed by atoms with Gasteiger partial charge in [0, 0.05) is 55.9 Å². The van der Waals surface area contributed by atoms with Crippen LogP contribution in [0.1, 0.15) is 38.3 Å². The van der Waals surface area contributed by atoms with Gasteiger partial charge in [-0.05, 0) is 52.9 Å². The molecule has 2 N–H and O–H groups in total. The number of hydrogen-bond acceptors (Lipinski definition) is 10. The van der Waals surface area contributed by atoms with Gasteiger partial charge in [-0.2, -0.15) is 23.1 Å². The van der Waals surface area contributed by atoms with Gasteiger partial charge in [0.15, 0.2) is 5.82 Å². The van der Waals surface area contributed by atoms with Crippen LogP contribution in [-0.4, -0.2) is 121 Å². The number of allylic oxidation sites excluding steroid dienone is 4. The Kier molecular flexibility index (Phi) is 9.95. The Morgan fingerprint density at radius 3 is 2.73 bits per heavy atom. The number of likely N-dealkylation sites (N-methyl/N-ethyl adjacent to an activating group) is 1. The molecule has 4 aliphatic rings. The molecule has 10 nitrogen and oxygen atoms in total. The second kappa shape index (κ2) is 13.7. The van der Waals surface area contributed by atoms with Gasteiger partial charge >= 0.3 is 12.2 Å². The Bertz CT molecular complexity index is 1590. The summed E-state index contributed by atoms with van der Waals surface area (Å²) in [5, 5.41) is 0.116. The molecule has 2 aromatic rings. The van der Waals surface area contributed by atoms with E-state index in [1.165, 1.54) is 6.92 Å². The van der Waals surface area contributed by atoms with Gasteiger partial charge in [-0.25, -0.2) is 13.8 Å². The minimum atomic E-state index is -4.92. The molecule has 3 fully saturated rings. The van der Waals surface area contributed by atoms with Crippen LogP contribution in [0.5, 0.6) is 11.9 Å². The lowest BCUT2D eigenvalue weighted by molar-refractivity contribution is -0.0902. The molecule has 264 valence electrons. The third kappa shape index (κ3) is 6.75. The predicted octanol–water partition coefficient (Wildman–Crippen LogP) is 4.70. The summed E-state index contributed by atoms with van der Waals surface area (Å²) in [5.41, 5.74) is 2.43. The van der Waals surface area contributed by atoms with Crippen LogP contribution in [-0.2, 0) is 4.74 Å². The summed E-state index contributed by atoms with van der Waals surface area (Å²) >= 11 is 5.82. The highest BCUT2D eigenvalue weighted by atomic mass is 35.5. The Morgan fingerprint density at radius 2 is 2.02 bits per heavy atom. The van der Waals surface area contributed by atoms with Crippen LogP contribution in [0.2, 0.25) is 0 Å². The first-order valence-corrected chi connectivity index (χ1v) is 16.7. The molecule has 6 rings (SSSR count). The molecule has 6 heterocycles. The number of aromatic nitrogens is 3. The third-order valence-electron chi connectivity index (χ3n) is 9.70. The minimum Gasteiger partial charge on any atom is -0.477 e. The SMILES string of the molecule is C/C(N)=C\C(=C(/CCl)C(F)(F)F)c1nc2c3c(nc(OC[C@@]45CCCN4C[C@H](F)C5)nc3c1F)N(CCN(C)C)C1CCOCC1CO2. The molecular formula is C32H41ClF5N7O3. The summed E-state index contributed by atoms with van der Waals surface area (Å²) in [5.74, 6) is -2.10. The van der Waals surface area contributed by atoms with Crippen LogP contribution in [0.3, 0.4) is 0 Å². The molecule has 4 atom stereocenters. The number of fused-ring (bicyclic) bond motifs is 2. The number of hydrogen-bond donors (Lipinski definition) is 1. The Labute approximate surface area is 281 Å². The maximum atomic E-state index is 16.9. The summed E-state index contributed by atoms with van der Waals surface area (Å²) < 4.78 is 92.4. The maximum Gasteiger partial charge on any atom is 0.414 e. The van der Waals surface area contributed by atoms with Crippen molar-refractivity contribution in [3.8, 4) is 11.9 Å². The normalized spacial score (nSPS) is 27.0. The average molecular weight is 702 g/mol. The smallest absolute Gasteiger partial charge is 0.414 e. The van der Waals surface area contributed by atoms with Crippen molar-refractivity contribution in [1.82, 2.24) is 24.8 Å². The average Bonchev–Trinajstić information content (AvgIpc) is 3.54. The van der Waals surface area contributed by atoms with Crippen LogP contribution >= 0.6 is 11.6 Å². The fourth-order valence-electron chi connectivity index (χ4n) is 7.41. The molecule has 0 amide bonds. The van der Waals surface area contributed by atoms with Crippen molar-refractivity contribution in [3.63, 3.8) is 0 Å². The molecule has 0 spiro atoms. The number of ether oxygens (including phenoxy) is 3. The summed E-state index contributed by atoms with van der Waals surface area (Å²) in [4.78, 5) is 19.8. The quantitative estimate of drug-likeness (QED) is 0.225. The van der Waals surface area contributed by atoms with Crippen LogP contribution in [0.25, 0.3) is 16.5 Å². The Balaban J connectivity index is 1.58. The maximum absolute atomic E-state index is 16.9. The van der Waals surface area contributed by atoms with E-state index in [1.807, 2.05) is 19.0 Å². The molecule has 2 aromatic heterocycles. The fourth-order valence-corrected chi connectivity index (χ4v) is 7.71. The first-order chi connectivity index (χ1) is 22.8. The monoisotopic (exact) mass is 701 g/mol. The van der Waals surface area contributed by atoms with E-state index in [0.717, 1.165) is 25.5 Å². The molecule has 0 aromatic carbocycles. The zero-order chi connectivity index (χ0) is 34.4. The number of nitrogens with two attached hydrogens (primary N) is 1. The first kappa shape index (κ1) is 34.8. The molecule has 0 saturated carbocycles. The van der Waals surface area contributed by atoms with E-state index < -0.39 is 46.4 Å². The number of nitrogens with zero attached hydrogens (tertiary/aromatic N) is 6. The summed E-state index contributed by atoms with van der Waals surface area (Å²) in [6.45, 7) is 4.59. The van der Waals surface area contributed by atoms with Gasteiger partial charge in [0.1, 0.15) is 35.2 Å². The highest BCUT2D eigenvalue weighted by Gasteiger charge is 2.49. The van der Waals surface area contributed by atoms with Crippen molar-refractivity contribution in [2.75, 3.05) is 77.5 Å². The van der Waals surface area contributed by atoms with Gasteiger partial charge in [0.25, 0.3) is 0 Å². The molecule has 0 radical (unpaired) electrons. The number of alkyl halides is 5. The molecule has 16 heteroatoms. The van der Waals surface area contributed by atoms with Gasteiger partial charge in [-0.1, -0.05) is 0 Å². The lowest BCUT2D eigenvalue weighted by Gasteiger charge is -2.42. The molecule has 0 aliphatic carbocycles. The zero-order valence-electron chi connectivity index (χ0n) is 27.3. The number of halogens is 6. The van der Waals surface area contributed by atoms with Crippen LogP contribution in [0.15, 0.2) is 17.3 Å². The van der Waals surface area contributed by atoms with Crippen molar-refractivity contribution in [3.05, 3.63) is 28.9 Å². The lowest BCUT2D eigenvalue weighted by Crippen LogP contribution is -2.51. The van der Waals surface area contributed by atoms with Crippen molar-refractivity contribution < 1.29 is 36.2 Å². The van der Waals surface area contributed by atoms with Crippen LogP contribution in [0.4, 0.5) is 27.8 Å². The van der Waals surface area contributed by atoms with E-state index in [-0.39, 0.29) is 53.7 Å².